The second-order valence-electron chi connectivity index (χ2n) is 6.45. The number of halogens is 1. The molecule has 2 atom stereocenters. The minimum atomic E-state index is -0.0393. The van der Waals surface area contributed by atoms with Gasteiger partial charge in [0.1, 0.15) is 0 Å². The molecule has 0 bridgehead atoms. The van der Waals surface area contributed by atoms with Crippen LogP contribution in [0.2, 0.25) is 0 Å². The first-order valence-corrected chi connectivity index (χ1v) is 8.39. The quantitative estimate of drug-likeness (QED) is 0.325. The van der Waals surface area contributed by atoms with Gasteiger partial charge in [0, 0.05) is 38.8 Å². The predicted octanol–water partition coefficient (Wildman–Crippen LogP) is 2.59. The molecule has 1 aromatic rings. The van der Waals surface area contributed by atoms with E-state index in [1.54, 1.807) is 0 Å². The molecule has 1 amide bonds. The summed E-state index contributed by atoms with van der Waals surface area (Å²) in [5.74, 6) is 2.27. The fourth-order valence-electron chi connectivity index (χ4n) is 3.21. The second kappa shape index (κ2) is 10.5. The van der Waals surface area contributed by atoms with Crippen LogP contribution in [0.15, 0.2) is 35.3 Å². The molecular weight excluding hydrogens is 415 g/mol. The van der Waals surface area contributed by atoms with Gasteiger partial charge in [-0.25, -0.2) is 0 Å². The minimum Gasteiger partial charge on any atom is -0.354 e. The van der Waals surface area contributed by atoms with Crippen molar-refractivity contribution in [2.45, 2.75) is 20.3 Å². The summed E-state index contributed by atoms with van der Waals surface area (Å²) in [4.78, 5) is 18.7. The van der Waals surface area contributed by atoms with Crippen molar-refractivity contribution in [1.29, 1.82) is 0 Å². The molecule has 6 heteroatoms. The van der Waals surface area contributed by atoms with Crippen molar-refractivity contribution >= 4 is 35.8 Å². The van der Waals surface area contributed by atoms with Gasteiger partial charge in [0.15, 0.2) is 5.96 Å². The lowest BCUT2D eigenvalue weighted by atomic mass is 9.92. The number of amides is 1. The van der Waals surface area contributed by atoms with Crippen molar-refractivity contribution in [1.82, 2.24) is 15.5 Å². The molecule has 0 aromatic heterocycles. The maximum absolute atomic E-state index is 12.0. The Morgan fingerprint density at radius 2 is 1.71 bits per heavy atom. The van der Waals surface area contributed by atoms with E-state index in [1.807, 2.05) is 37.4 Å². The minimum absolute atomic E-state index is 0. The van der Waals surface area contributed by atoms with E-state index in [2.05, 4.69) is 34.4 Å². The maximum atomic E-state index is 12.0. The van der Waals surface area contributed by atoms with Crippen LogP contribution in [-0.2, 0) is 0 Å². The van der Waals surface area contributed by atoms with Gasteiger partial charge < -0.3 is 15.5 Å². The lowest BCUT2D eigenvalue weighted by molar-refractivity contribution is 0.0954. The van der Waals surface area contributed by atoms with E-state index in [4.69, 9.17) is 0 Å². The Morgan fingerprint density at radius 1 is 1.12 bits per heavy atom. The summed E-state index contributed by atoms with van der Waals surface area (Å²) >= 11 is 0. The summed E-state index contributed by atoms with van der Waals surface area (Å²) in [5, 5.41) is 6.27. The topological polar surface area (TPSA) is 56.7 Å². The van der Waals surface area contributed by atoms with Crippen molar-refractivity contribution in [3.8, 4) is 0 Å². The van der Waals surface area contributed by atoms with Gasteiger partial charge in [-0.2, -0.15) is 0 Å². The van der Waals surface area contributed by atoms with Crippen LogP contribution in [0.5, 0.6) is 0 Å². The molecule has 1 aromatic carbocycles. The lowest BCUT2D eigenvalue weighted by Crippen LogP contribution is -2.49. The molecular formula is C18H29IN4O. The third-order valence-corrected chi connectivity index (χ3v) is 4.11. The van der Waals surface area contributed by atoms with Crippen molar-refractivity contribution in [2.75, 3.05) is 33.2 Å². The van der Waals surface area contributed by atoms with Crippen LogP contribution >= 0.6 is 24.0 Å². The van der Waals surface area contributed by atoms with Gasteiger partial charge in [-0.1, -0.05) is 32.0 Å². The highest BCUT2D eigenvalue weighted by atomic mass is 127. The molecule has 1 saturated heterocycles. The molecule has 134 valence electrons. The van der Waals surface area contributed by atoms with Crippen LogP contribution in [0.3, 0.4) is 0 Å². The SMILES string of the molecule is CN=C(NCCNC(=O)c1ccccc1)N1CC(C)CC(C)C1.I. The van der Waals surface area contributed by atoms with Crippen LogP contribution in [0.25, 0.3) is 0 Å². The fourth-order valence-corrected chi connectivity index (χ4v) is 3.21. The Balaban J connectivity index is 0.00000288. The zero-order valence-corrected chi connectivity index (χ0v) is 17.1. The molecule has 5 nitrogen and oxygen atoms in total. The number of aliphatic imine (C=N–C) groups is 1. The zero-order valence-electron chi connectivity index (χ0n) is 14.8. The highest BCUT2D eigenvalue weighted by molar-refractivity contribution is 14.0. The Morgan fingerprint density at radius 3 is 2.29 bits per heavy atom. The third kappa shape index (κ3) is 6.30. The number of carbonyl (C=O) groups is 1. The van der Waals surface area contributed by atoms with Crippen molar-refractivity contribution < 1.29 is 4.79 Å². The van der Waals surface area contributed by atoms with Gasteiger partial charge >= 0.3 is 0 Å². The van der Waals surface area contributed by atoms with Gasteiger partial charge in [-0.05, 0) is 30.4 Å². The van der Waals surface area contributed by atoms with Crippen LogP contribution in [0.1, 0.15) is 30.6 Å². The number of likely N-dealkylation sites (tertiary alicyclic amines) is 1. The van der Waals surface area contributed by atoms with E-state index in [0.29, 0.717) is 30.5 Å². The lowest BCUT2D eigenvalue weighted by Gasteiger charge is -2.37. The van der Waals surface area contributed by atoms with Gasteiger partial charge in [-0.3, -0.25) is 9.79 Å². The summed E-state index contributed by atoms with van der Waals surface area (Å²) in [7, 11) is 1.81. The summed E-state index contributed by atoms with van der Waals surface area (Å²) in [5.41, 5.74) is 0.690. The average Bonchev–Trinajstić information content (AvgIpc) is 2.54. The molecule has 1 aliphatic heterocycles. The molecule has 0 aliphatic carbocycles. The van der Waals surface area contributed by atoms with Crippen molar-refractivity contribution in [2.24, 2.45) is 16.8 Å². The number of carbonyl (C=O) groups excluding carboxylic acids is 1. The maximum Gasteiger partial charge on any atom is 0.251 e. The van der Waals surface area contributed by atoms with Gasteiger partial charge in [-0.15, -0.1) is 24.0 Å². The number of benzene rings is 1. The van der Waals surface area contributed by atoms with E-state index >= 15 is 0 Å². The summed E-state index contributed by atoms with van der Waals surface area (Å²) in [6.07, 6.45) is 1.28. The molecule has 2 rings (SSSR count). The van der Waals surface area contributed by atoms with Crippen LogP contribution < -0.4 is 10.6 Å². The molecule has 24 heavy (non-hydrogen) atoms. The molecule has 0 radical (unpaired) electrons. The third-order valence-electron chi connectivity index (χ3n) is 4.11. The van der Waals surface area contributed by atoms with Crippen LogP contribution in [0, 0.1) is 11.8 Å². The normalized spacial score (nSPS) is 21.0. The number of nitrogens with one attached hydrogen (secondary N) is 2. The summed E-state index contributed by atoms with van der Waals surface area (Å²) < 4.78 is 0. The summed E-state index contributed by atoms with van der Waals surface area (Å²) in [6.45, 7) is 7.91. The molecule has 0 spiro atoms. The first-order valence-electron chi connectivity index (χ1n) is 8.39. The predicted molar refractivity (Wildman–Crippen MR) is 110 cm³/mol. The highest BCUT2D eigenvalue weighted by Gasteiger charge is 2.23. The van der Waals surface area contributed by atoms with E-state index in [9.17, 15) is 4.79 Å². The van der Waals surface area contributed by atoms with Gasteiger partial charge in [0.25, 0.3) is 5.91 Å². The standard InChI is InChI=1S/C18H28N4O.HI/c1-14-11-15(2)13-22(12-14)18(19-3)21-10-9-20-17(23)16-7-5-4-6-8-16;/h4-8,14-15H,9-13H2,1-3H3,(H,19,21)(H,20,23);1H. The molecule has 0 saturated carbocycles. The Hall–Kier alpha value is -1.31. The number of guanidine groups is 1. The first-order chi connectivity index (χ1) is 11.1. The van der Waals surface area contributed by atoms with Crippen molar-refractivity contribution in [3.63, 3.8) is 0 Å². The fraction of sp³-hybridized carbons (Fsp3) is 0.556. The number of piperidine rings is 1. The van der Waals surface area contributed by atoms with E-state index in [1.165, 1.54) is 6.42 Å². The monoisotopic (exact) mass is 444 g/mol. The molecule has 2 N–H and O–H groups in total. The molecule has 1 heterocycles. The molecule has 2 unspecified atom stereocenters. The largest absolute Gasteiger partial charge is 0.354 e. The average molecular weight is 444 g/mol. The van der Waals surface area contributed by atoms with Crippen LogP contribution in [0.4, 0.5) is 0 Å². The van der Waals surface area contributed by atoms with Gasteiger partial charge in [0.05, 0.1) is 0 Å². The first kappa shape index (κ1) is 20.7. The van der Waals surface area contributed by atoms with Gasteiger partial charge in [0.2, 0.25) is 0 Å². The second-order valence-corrected chi connectivity index (χ2v) is 6.45. The Labute approximate surface area is 162 Å². The van der Waals surface area contributed by atoms with E-state index in [-0.39, 0.29) is 29.9 Å². The number of rotatable bonds is 4. The highest BCUT2D eigenvalue weighted by Crippen LogP contribution is 2.20. The Kier molecular flexibility index (Phi) is 9.10. The smallest absolute Gasteiger partial charge is 0.251 e. The van der Waals surface area contributed by atoms with E-state index in [0.717, 1.165) is 19.0 Å². The zero-order chi connectivity index (χ0) is 16.7. The van der Waals surface area contributed by atoms with E-state index < -0.39 is 0 Å². The number of nitrogens with zero attached hydrogens (tertiary/aromatic N) is 2. The van der Waals surface area contributed by atoms with Crippen LogP contribution in [-0.4, -0.2) is 50.0 Å². The summed E-state index contributed by atoms with van der Waals surface area (Å²) in [6, 6.07) is 9.28. The molecule has 1 fully saturated rings. The number of hydrogen-bond donors (Lipinski definition) is 2. The van der Waals surface area contributed by atoms with Crippen molar-refractivity contribution in [3.05, 3.63) is 35.9 Å². The Bertz CT molecular complexity index is 525. The molecule has 1 aliphatic rings. The number of hydrogen-bond acceptors (Lipinski definition) is 2.